The zero-order valence-electron chi connectivity index (χ0n) is 12.8. The molecule has 1 N–H and O–H groups in total. The Kier molecular flexibility index (Phi) is 5.84. The number of pyridine rings is 1. The summed E-state index contributed by atoms with van der Waals surface area (Å²) in [4.78, 5) is 19.3. The zero-order chi connectivity index (χ0) is 14.2. The third-order valence-electron chi connectivity index (χ3n) is 4.81. The number of aromatic nitrogens is 1. The molecular weight excluding hydrogens is 333 g/mol. The van der Waals surface area contributed by atoms with Gasteiger partial charge in [0.25, 0.3) is 5.91 Å². The molecule has 2 unspecified atom stereocenters. The highest BCUT2D eigenvalue weighted by atomic mass is 35.5. The Bertz CT molecular complexity index is 689. The standard InChI is InChI=1S/C17H19N3O.2ClH/c21-17(20-10-7-15-13(11-20)6-9-18-15)14-5-1-3-12-4-2-8-19-16(12)14;;/h1-5,8,13,15,18H,6-7,9-11H2;2*1H. The van der Waals surface area contributed by atoms with Gasteiger partial charge >= 0.3 is 0 Å². The number of likely N-dealkylation sites (tertiary alicyclic amines) is 1. The molecule has 124 valence electrons. The monoisotopic (exact) mass is 353 g/mol. The number of carbonyl (C=O) groups excluding carboxylic acids is 1. The molecule has 2 atom stereocenters. The Labute approximate surface area is 148 Å². The third-order valence-corrected chi connectivity index (χ3v) is 4.81. The second-order valence-corrected chi connectivity index (χ2v) is 6.03. The number of halogens is 2. The lowest BCUT2D eigenvalue weighted by Gasteiger charge is -2.35. The van der Waals surface area contributed by atoms with Gasteiger partial charge in [-0.05, 0) is 37.4 Å². The fraction of sp³-hybridized carbons (Fsp3) is 0.412. The Balaban J connectivity index is 0.000000960. The largest absolute Gasteiger partial charge is 0.338 e. The molecule has 1 aromatic carbocycles. The maximum absolute atomic E-state index is 12.9. The second-order valence-electron chi connectivity index (χ2n) is 6.03. The van der Waals surface area contributed by atoms with Gasteiger partial charge in [0.05, 0.1) is 11.1 Å². The Hall–Kier alpha value is -1.36. The molecule has 0 aliphatic carbocycles. The summed E-state index contributed by atoms with van der Waals surface area (Å²) in [6.07, 6.45) is 4.00. The normalized spacial score (nSPS) is 22.9. The molecule has 0 radical (unpaired) electrons. The molecule has 2 fully saturated rings. The second kappa shape index (κ2) is 7.47. The summed E-state index contributed by atoms with van der Waals surface area (Å²) in [5.74, 6) is 0.746. The predicted molar refractivity (Wildman–Crippen MR) is 96.7 cm³/mol. The van der Waals surface area contributed by atoms with Crippen LogP contribution >= 0.6 is 24.8 Å². The number of para-hydroxylation sites is 1. The van der Waals surface area contributed by atoms with E-state index in [9.17, 15) is 4.79 Å². The molecule has 2 saturated heterocycles. The Morgan fingerprint density at radius 2 is 2.00 bits per heavy atom. The molecule has 0 bridgehead atoms. The van der Waals surface area contributed by atoms with Crippen molar-refractivity contribution in [1.29, 1.82) is 0 Å². The van der Waals surface area contributed by atoms with E-state index < -0.39 is 0 Å². The number of fused-ring (bicyclic) bond motifs is 2. The summed E-state index contributed by atoms with van der Waals surface area (Å²) in [5.41, 5.74) is 1.55. The predicted octanol–water partition coefficient (Wildman–Crippen LogP) is 2.90. The number of piperidine rings is 1. The van der Waals surface area contributed by atoms with Crippen molar-refractivity contribution in [2.45, 2.75) is 18.9 Å². The quantitative estimate of drug-likeness (QED) is 0.857. The minimum atomic E-state index is 0. The van der Waals surface area contributed by atoms with E-state index in [1.54, 1.807) is 6.20 Å². The highest BCUT2D eigenvalue weighted by Gasteiger charge is 2.34. The molecule has 23 heavy (non-hydrogen) atoms. The topological polar surface area (TPSA) is 45.2 Å². The van der Waals surface area contributed by atoms with Crippen LogP contribution in [0.2, 0.25) is 0 Å². The van der Waals surface area contributed by atoms with Crippen LogP contribution in [0.25, 0.3) is 10.9 Å². The van der Waals surface area contributed by atoms with Gasteiger partial charge in [0.1, 0.15) is 0 Å². The first-order valence-corrected chi connectivity index (χ1v) is 7.69. The average molecular weight is 354 g/mol. The van der Waals surface area contributed by atoms with E-state index in [1.807, 2.05) is 35.2 Å². The summed E-state index contributed by atoms with van der Waals surface area (Å²) < 4.78 is 0. The summed E-state index contributed by atoms with van der Waals surface area (Å²) in [6.45, 7) is 2.81. The molecular formula is C17H21Cl2N3O. The number of benzene rings is 1. The molecule has 0 spiro atoms. The average Bonchev–Trinajstić information content (AvgIpc) is 3.01. The van der Waals surface area contributed by atoms with Gasteiger partial charge in [0.2, 0.25) is 0 Å². The van der Waals surface area contributed by atoms with E-state index in [2.05, 4.69) is 10.3 Å². The van der Waals surface area contributed by atoms with Crippen molar-refractivity contribution in [2.24, 2.45) is 5.92 Å². The van der Waals surface area contributed by atoms with Crippen LogP contribution in [0.5, 0.6) is 0 Å². The first-order chi connectivity index (χ1) is 10.3. The Morgan fingerprint density at radius 1 is 1.17 bits per heavy atom. The fourth-order valence-electron chi connectivity index (χ4n) is 3.68. The van der Waals surface area contributed by atoms with E-state index in [1.165, 1.54) is 6.42 Å². The van der Waals surface area contributed by atoms with Crippen molar-refractivity contribution in [3.8, 4) is 0 Å². The lowest BCUT2D eigenvalue weighted by atomic mass is 9.93. The number of hydrogen-bond acceptors (Lipinski definition) is 3. The summed E-state index contributed by atoms with van der Waals surface area (Å²) >= 11 is 0. The van der Waals surface area contributed by atoms with Crippen molar-refractivity contribution in [3.05, 3.63) is 42.1 Å². The van der Waals surface area contributed by atoms with E-state index in [0.717, 1.165) is 42.5 Å². The van der Waals surface area contributed by atoms with Crippen LogP contribution in [0.3, 0.4) is 0 Å². The Morgan fingerprint density at radius 3 is 2.87 bits per heavy atom. The van der Waals surface area contributed by atoms with E-state index in [4.69, 9.17) is 0 Å². The molecule has 4 nitrogen and oxygen atoms in total. The van der Waals surface area contributed by atoms with E-state index >= 15 is 0 Å². The van der Waals surface area contributed by atoms with Crippen molar-refractivity contribution in [3.63, 3.8) is 0 Å². The molecule has 2 aliphatic rings. The highest BCUT2D eigenvalue weighted by molar-refractivity contribution is 6.05. The van der Waals surface area contributed by atoms with Crippen LogP contribution in [0.15, 0.2) is 36.5 Å². The van der Waals surface area contributed by atoms with Crippen molar-refractivity contribution >= 4 is 41.6 Å². The van der Waals surface area contributed by atoms with Gasteiger partial charge in [-0.2, -0.15) is 0 Å². The number of rotatable bonds is 1. The SMILES string of the molecule is Cl.Cl.O=C(c1cccc2cccnc12)N1CCC2NCCC2C1. The summed E-state index contributed by atoms with van der Waals surface area (Å²) in [5, 5.41) is 4.57. The molecule has 4 rings (SSSR count). The van der Waals surface area contributed by atoms with Gasteiger partial charge in [-0.3, -0.25) is 9.78 Å². The van der Waals surface area contributed by atoms with Gasteiger partial charge in [0.15, 0.2) is 0 Å². The molecule has 6 heteroatoms. The number of hydrogen-bond donors (Lipinski definition) is 1. The first kappa shape index (κ1) is 18.0. The first-order valence-electron chi connectivity index (χ1n) is 7.69. The highest BCUT2D eigenvalue weighted by Crippen LogP contribution is 2.26. The van der Waals surface area contributed by atoms with Crippen LogP contribution < -0.4 is 5.32 Å². The van der Waals surface area contributed by atoms with Gasteiger partial charge in [-0.25, -0.2) is 0 Å². The molecule has 1 amide bonds. The molecule has 3 heterocycles. The number of nitrogens with zero attached hydrogens (tertiary/aromatic N) is 2. The lowest BCUT2D eigenvalue weighted by molar-refractivity contribution is 0.0664. The summed E-state index contributed by atoms with van der Waals surface area (Å²) in [7, 11) is 0. The third kappa shape index (κ3) is 3.30. The minimum Gasteiger partial charge on any atom is -0.338 e. The van der Waals surface area contributed by atoms with Crippen LogP contribution in [0.1, 0.15) is 23.2 Å². The molecule has 0 saturated carbocycles. The van der Waals surface area contributed by atoms with Gasteiger partial charge < -0.3 is 10.2 Å². The minimum absolute atomic E-state index is 0. The van der Waals surface area contributed by atoms with E-state index in [-0.39, 0.29) is 30.7 Å². The van der Waals surface area contributed by atoms with Gasteiger partial charge in [-0.1, -0.05) is 18.2 Å². The van der Waals surface area contributed by atoms with E-state index in [0.29, 0.717) is 12.0 Å². The van der Waals surface area contributed by atoms with Crippen molar-refractivity contribution in [1.82, 2.24) is 15.2 Å². The maximum Gasteiger partial charge on any atom is 0.256 e. The van der Waals surface area contributed by atoms with Crippen LogP contribution in [-0.2, 0) is 0 Å². The van der Waals surface area contributed by atoms with Crippen molar-refractivity contribution in [2.75, 3.05) is 19.6 Å². The van der Waals surface area contributed by atoms with Gasteiger partial charge in [0, 0.05) is 30.7 Å². The summed E-state index contributed by atoms with van der Waals surface area (Å²) in [6, 6.07) is 10.4. The van der Waals surface area contributed by atoms with Gasteiger partial charge in [-0.15, -0.1) is 24.8 Å². The van der Waals surface area contributed by atoms with Crippen molar-refractivity contribution < 1.29 is 4.79 Å². The fourth-order valence-corrected chi connectivity index (χ4v) is 3.68. The van der Waals surface area contributed by atoms with Crippen LogP contribution in [-0.4, -0.2) is 41.5 Å². The number of amides is 1. The number of carbonyl (C=O) groups is 1. The number of nitrogens with one attached hydrogen (secondary N) is 1. The smallest absolute Gasteiger partial charge is 0.256 e. The molecule has 1 aromatic heterocycles. The van der Waals surface area contributed by atoms with Crippen LogP contribution in [0.4, 0.5) is 0 Å². The zero-order valence-corrected chi connectivity index (χ0v) is 14.4. The maximum atomic E-state index is 12.9. The van der Waals surface area contributed by atoms with Crippen LogP contribution in [0, 0.1) is 5.92 Å². The lowest BCUT2D eigenvalue weighted by Crippen LogP contribution is -2.46. The molecule has 2 aliphatic heterocycles. The molecule has 2 aromatic rings.